The van der Waals surface area contributed by atoms with Crippen molar-refractivity contribution in [3.63, 3.8) is 0 Å². The van der Waals surface area contributed by atoms with Gasteiger partial charge in [0.05, 0.1) is 0 Å². The summed E-state index contributed by atoms with van der Waals surface area (Å²) >= 11 is -0.327. The van der Waals surface area contributed by atoms with E-state index in [0.717, 1.165) is 45.5 Å². The molecule has 0 aliphatic carbocycles. The molecular weight excluding hydrogens is 1170 g/mol. The van der Waals surface area contributed by atoms with E-state index in [-0.39, 0.29) is 43.3 Å². The number of para-hydroxylation sites is 8. The van der Waals surface area contributed by atoms with Crippen LogP contribution in [0.15, 0.2) is 315 Å². The van der Waals surface area contributed by atoms with Crippen LogP contribution in [0.3, 0.4) is 0 Å². The van der Waals surface area contributed by atoms with Gasteiger partial charge in [-0.15, -0.1) is 0 Å². The van der Waals surface area contributed by atoms with E-state index in [1.165, 1.54) is 95.6 Å². The van der Waals surface area contributed by atoms with Gasteiger partial charge >= 0.3 is 520 Å². The summed E-state index contributed by atoms with van der Waals surface area (Å²) in [5.41, 5.74) is 27.4. The Kier molecular flexibility index (Phi) is 12.4. The zero-order chi connectivity index (χ0) is 56.7. The molecule has 4 nitrogen and oxygen atoms in total. The van der Waals surface area contributed by atoms with Crippen LogP contribution < -0.4 is 70.2 Å². The monoisotopic (exact) mass is 1230 g/mol. The van der Waals surface area contributed by atoms with E-state index in [1.54, 1.807) is 0 Å². The number of hydrogen-bond donors (Lipinski definition) is 0. The summed E-state index contributed by atoms with van der Waals surface area (Å²) < 4.78 is 5.76. The average molecular weight is 1220 g/mol. The van der Waals surface area contributed by atoms with Gasteiger partial charge in [-0.3, -0.25) is 0 Å². The summed E-state index contributed by atoms with van der Waals surface area (Å²) in [6.07, 6.45) is 0. The molecule has 4 heterocycles. The van der Waals surface area contributed by atoms with Crippen LogP contribution in [0, 0.1) is 0 Å². The Hall–Kier alpha value is -9.77. The molecule has 17 rings (SSSR count). The van der Waals surface area contributed by atoms with E-state index in [0.29, 0.717) is 0 Å². The van der Waals surface area contributed by atoms with Gasteiger partial charge in [-0.1, -0.05) is 0 Å². The van der Waals surface area contributed by atoms with E-state index in [1.807, 2.05) is 0 Å². The molecule has 13 aromatic carbocycles. The van der Waals surface area contributed by atoms with Gasteiger partial charge in [0.15, 0.2) is 0 Å². The molecule has 0 atom stereocenters. The molecular formula is C78H52B2N4Se2. The molecule has 0 saturated carbocycles. The topological polar surface area (TPSA) is 13.0 Å². The molecule has 0 aromatic heterocycles. The van der Waals surface area contributed by atoms with Crippen LogP contribution in [-0.2, 0) is 0 Å². The molecule has 0 radical (unpaired) electrons. The van der Waals surface area contributed by atoms with Gasteiger partial charge in [-0.2, -0.15) is 0 Å². The second-order valence-electron chi connectivity index (χ2n) is 22.3. The number of anilines is 12. The van der Waals surface area contributed by atoms with Crippen molar-refractivity contribution in [3.8, 4) is 22.3 Å². The first-order chi connectivity index (χ1) is 42.7. The van der Waals surface area contributed by atoms with Gasteiger partial charge in [-0.25, -0.2) is 0 Å². The average Bonchev–Trinajstić information content (AvgIpc) is 0.719. The van der Waals surface area contributed by atoms with Crippen LogP contribution >= 0.6 is 0 Å². The Bertz CT molecular complexity index is 4390. The Morgan fingerprint density at radius 2 is 0.605 bits per heavy atom. The Morgan fingerprint density at radius 3 is 1.01 bits per heavy atom. The van der Waals surface area contributed by atoms with Crippen molar-refractivity contribution in [2.24, 2.45) is 0 Å². The molecule has 0 fully saturated rings. The number of nitrogens with zero attached hydrogens (tertiary/aromatic N) is 4. The maximum absolute atomic E-state index is 2.74. The van der Waals surface area contributed by atoms with Crippen molar-refractivity contribution in [3.05, 3.63) is 315 Å². The fourth-order valence-corrected chi connectivity index (χ4v) is 19.9. The van der Waals surface area contributed by atoms with Gasteiger partial charge in [0.25, 0.3) is 0 Å². The zero-order valence-electron chi connectivity index (χ0n) is 46.8. The van der Waals surface area contributed by atoms with Crippen LogP contribution in [-0.4, -0.2) is 43.3 Å². The van der Waals surface area contributed by atoms with E-state index in [2.05, 4.69) is 335 Å². The van der Waals surface area contributed by atoms with Crippen molar-refractivity contribution in [1.82, 2.24) is 0 Å². The van der Waals surface area contributed by atoms with Gasteiger partial charge in [-0.05, 0) is 0 Å². The van der Waals surface area contributed by atoms with E-state index >= 15 is 0 Å². The molecule has 0 amide bonds. The summed E-state index contributed by atoms with van der Waals surface area (Å²) in [7, 11) is 0. The summed E-state index contributed by atoms with van der Waals surface area (Å²) in [5.74, 6) is 0. The van der Waals surface area contributed by atoms with Gasteiger partial charge in [0.2, 0.25) is 0 Å². The molecule has 0 saturated heterocycles. The van der Waals surface area contributed by atoms with Crippen LogP contribution in [0.25, 0.3) is 22.3 Å². The second-order valence-corrected chi connectivity index (χ2v) is 26.7. The normalized spacial score (nSPS) is 12.9. The number of rotatable bonds is 10. The first-order valence-corrected chi connectivity index (χ1v) is 32.9. The fourth-order valence-electron chi connectivity index (χ4n) is 13.9. The number of benzene rings is 13. The molecule has 0 unspecified atom stereocenters. The van der Waals surface area contributed by atoms with Crippen molar-refractivity contribution < 1.29 is 0 Å². The minimum atomic E-state index is -0.164. The van der Waals surface area contributed by atoms with E-state index in [9.17, 15) is 0 Å². The summed E-state index contributed by atoms with van der Waals surface area (Å²) in [5, 5.41) is 0. The summed E-state index contributed by atoms with van der Waals surface area (Å²) in [6.45, 7) is -0.0993. The molecule has 8 heteroatoms. The van der Waals surface area contributed by atoms with Crippen molar-refractivity contribution in [2.75, 3.05) is 19.6 Å². The van der Waals surface area contributed by atoms with Crippen LogP contribution in [0.5, 0.6) is 0 Å². The molecule has 0 bridgehead atoms. The predicted molar refractivity (Wildman–Crippen MR) is 368 cm³/mol. The minimum absolute atomic E-state index is 0.0497. The SMILES string of the molecule is c1ccc(-c2ccccc2-c2c3c(cc4c2[Se]c2cc(N(c5ccccc5)c5ccccc5)cc5c2B4c2ccccc2N5c2ccccc2)B2c4ccccc4N(c4ccccc4)c4cc(N(c5ccccc5)c5ccccc5)cc(c42)[Se]3)cc1. The Morgan fingerprint density at radius 1 is 0.267 bits per heavy atom. The Labute approximate surface area is 515 Å². The number of fused-ring (bicyclic) bond motifs is 8. The maximum atomic E-state index is 2.74. The van der Waals surface area contributed by atoms with Gasteiger partial charge in [0.1, 0.15) is 0 Å². The van der Waals surface area contributed by atoms with Crippen molar-refractivity contribution in [1.29, 1.82) is 0 Å². The zero-order valence-corrected chi connectivity index (χ0v) is 50.2. The molecule has 402 valence electrons. The van der Waals surface area contributed by atoms with Crippen LogP contribution in [0.1, 0.15) is 0 Å². The molecule has 0 spiro atoms. The fraction of sp³-hybridized carbons (Fsp3) is 0. The Balaban J connectivity index is 0.984. The van der Waals surface area contributed by atoms with Crippen LogP contribution in [0.4, 0.5) is 68.2 Å². The summed E-state index contributed by atoms with van der Waals surface area (Å²) in [6, 6.07) is 118. The first-order valence-electron chi connectivity index (χ1n) is 29.5. The standard InChI is InChI=1S/C78H52B2N4Se2/c1-8-28-53(29-9-1)62-42-22-23-43-63(62)74-77-66(79-64-44-24-26-46-68(64)83(58-38-18-6-19-39-58)70-48-60(50-72(85-77)75(70)79)81(54-30-10-2-11-31-54)55-32-12-3-13-33-55)52-67-78(74)86-73-51-61(82(56-34-14-4-15-35-56)57-36-16-5-17-37-57)49-71-76(73)80(67)65-45-25-27-47-69(65)84(71)59-40-20-7-21-41-59/h1-52H. The van der Waals surface area contributed by atoms with Crippen LogP contribution in [0.2, 0.25) is 0 Å². The third-order valence-electron chi connectivity index (χ3n) is 17.5. The van der Waals surface area contributed by atoms with Crippen molar-refractivity contribution >= 4 is 162 Å². The molecule has 13 aromatic rings. The first kappa shape index (κ1) is 50.7. The molecule has 4 aliphatic heterocycles. The third-order valence-corrected chi connectivity index (χ3v) is 22.5. The number of hydrogen-bond acceptors (Lipinski definition) is 4. The van der Waals surface area contributed by atoms with Crippen molar-refractivity contribution in [2.45, 2.75) is 0 Å². The third kappa shape index (κ3) is 8.28. The quantitative estimate of drug-likeness (QED) is 0.127. The molecule has 4 aliphatic rings. The van der Waals surface area contributed by atoms with Gasteiger partial charge < -0.3 is 0 Å². The van der Waals surface area contributed by atoms with Gasteiger partial charge in [0, 0.05) is 0 Å². The summed E-state index contributed by atoms with van der Waals surface area (Å²) in [4.78, 5) is 10.0. The molecule has 86 heavy (non-hydrogen) atoms. The van der Waals surface area contributed by atoms with E-state index < -0.39 is 0 Å². The molecule has 0 N–H and O–H groups in total. The predicted octanol–water partition coefficient (Wildman–Crippen LogP) is 12.5. The second kappa shape index (κ2) is 21.1. The van der Waals surface area contributed by atoms with E-state index in [4.69, 9.17) is 0 Å².